The average Bonchev–Trinajstić information content (AvgIpc) is 3.02. The van der Waals surface area contributed by atoms with Crippen LogP contribution in [0.3, 0.4) is 0 Å². The third kappa shape index (κ3) is 2.94. The van der Waals surface area contributed by atoms with Crippen LogP contribution in [0.1, 0.15) is 5.01 Å². The molecule has 0 saturated heterocycles. The number of nitrogens with zero attached hydrogens (tertiary/aromatic N) is 1. The molecule has 0 saturated carbocycles. The lowest BCUT2D eigenvalue weighted by Gasteiger charge is -2.01. The number of hydrogen-bond acceptors (Lipinski definition) is 5. The number of benzene rings is 1. The molecule has 0 bridgehead atoms. The number of sulfonamides is 1. The molecule has 1 N–H and O–H groups in total. The van der Waals surface area contributed by atoms with E-state index in [1.54, 1.807) is 12.1 Å². The molecule has 104 valence electrons. The maximum Gasteiger partial charge on any atom is 0.250 e. The first-order valence-electron chi connectivity index (χ1n) is 5.64. The van der Waals surface area contributed by atoms with Gasteiger partial charge in [0.1, 0.15) is 9.22 Å². The molecule has 0 spiro atoms. The molecule has 0 aliphatic rings. The van der Waals surface area contributed by atoms with Crippen molar-refractivity contribution in [2.24, 2.45) is 0 Å². The second-order valence-corrected chi connectivity index (χ2v) is 9.53. The quantitative estimate of drug-likeness (QED) is 0.742. The smallest absolute Gasteiger partial charge is 0.240 e. The van der Waals surface area contributed by atoms with Crippen LogP contribution in [0, 0.1) is 0 Å². The number of rotatable bonds is 4. The maximum absolute atomic E-state index is 12.1. The molecule has 20 heavy (non-hydrogen) atoms. The van der Waals surface area contributed by atoms with Crippen LogP contribution in [0.5, 0.6) is 0 Å². The van der Waals surface area contributed by atoms with E-state index in [0.29, 0.717) is 4.21 Å². The van der Waals surface area contributed by atoms with E-state index in [1.165, 1.54) is 22.7 Å². The van der Waals surface area contributed by atoms with Crippen molar-refractivity contribution < 1.29 is 8.42 Å². The van der Waals surface area contributed by atoms with Crippen LogP contribution in [-0.2, 0) is 16.6 Å². The summed E-state index contributed by atoms with van der Waals surface area (Å²) < 4.78 is 28.9. The minimum atomic E-state index is -3.47. The van der Waals surface area contributed by atoms with E-state index in [-0.39, 0.29) is 6.54 Å². The van der Waals surface area contributed by atoms with Gasteiger partial charge in [0, 0.05) is 0 Å². The molecule has 0 atom stereocenters. The van der Waals surface area contributed by atoms with Gasteiger partial charge in [0.05, 0.1) is 20.5 Å². The number of halogens is 1. The Morgan fingerprint density at radius 1 is 1.15 bits per heavy atom. The number of thiazole rings is 1. The zero-order chi connectivity index (χ0) is 14.2. The van der Waals surface area contributed by atoms with Crippen molar-refractivity contribution in [1.29, 1.82) is 0 Å². The number of para-hydroxylation sites is 1. The Hall–Kier alpha value is -0.800. The molecule has 0 fully saturated rings. The van der Waals surface area contributed by atoms with Crippen LogP contribution in [-0.4, -0.2) is 13.4 Å². The van der Waals surface area contributed by atoms with E-state index >= 15 is 0 Å². The fourth-order valence-corrected chi connectivity index (χ4v) is 5.71. The number of nitrogens with one attached hydrogen (secondary N) is 1. The summed E-state index contributed by atoms with van der Waals surface area (Å²) in [5.41, 5.74) is 0.894. The van der Waals surface area contributed by atoms with E-state index in [9.17, 15) is 8.42 Å². The largest absolute Gasteiger partial charge is 0.250 e. The van der Waals surface area contributed by atoms with Crippen LogP contribution < -0.4 is 4.72 Å². The predicted molar refractivity (Wildman–Crippen MR) is 85.7 cm³/mol. The highest BCUT2D eigenvalue weighted by Gasteiger charge is 2.17. The van der Waals surface area contributed by atoms with E-state index in [2.05, 4.69) is 25.6 Å². The monoisotopic (exact) mass is 388 g/mol. The molecule has 3 aromatic rings. The molecule has 2 aromatic heterocycles. The molecule has 2 heterocycles. The van der Waals surface area contributed by atoms with Crippen molar-refractivity contribution in [3.05, 3.63) is 45.2 Å². The fraction of sp³-hybridized carbons (Fsp3) is 0.0833. The normalized spacial score (nSPS) is 12.1. The van der Waals surface area contributed by atoms with Crippen molar-refractivity contribution in [1.82, 2.24) is 9.71 Å². The molecule has 4 nitrogen and oxygen atoms in total. The molecule has 0 amide bonds. The fourth-order valence-electron chi connectivity index (χ4n) is 1.67. The maximum atomic E-state index is 12.1. The SMILES string of the molecule is O=S(=O)(NCc1nc2ccccc2s1)c1ccc(Br)s1. The van der Waals surface area contributed by atoms with Gasteiger partial charge in [-0.1, -0.05) is 12.1 Å². The van der Waals surface area contributed by atoms with Crippen molar-refractivity contribution in [3.8, 4) is 0 Å². The van der Waals surface area contributed by atoms with Crippen LogP contribution in [0.2, 0.25) is 0 Å². The Bertz CT molecular complexity index is 821. The van der Waals surface area contributed by atoms with Crippen LogP contribution in [0.25, 0.3) is 10.2 Å². The average molecular weight is 389 g/mol. The Balaban J connectivity index is 1.79. The van der Waals surface area contributed by atoms with Gasteiger partial charge in [-0.15, -0.1) is 22.7 Å². The van der Waals surface area contributed by atoms with Gasteiger partial charge in [0.2, 0.25) is 10.0 Å². The molecule has 0 aliphatic heterocycles. The molecule has 0 aliphatic carbocycles. The predicted octanol–water partition coefficient (Wildman–Crippen LogP) is 3.60. The Labute approximate surface area is 132 Å². The second kappa shape index (κ2) is 5.53. The number of hydrogen-bond donors (Lipinski definition) is 1. The summed E-state index contributed by atoms with van der Waals surface area (Å²) in [7, 11) is -3.47. The topological polar surface area (TPSA) is 59.1 Å². The zero-order valence-electron chi connectivity index (χ0n) is 10.0. The van der Waals surface area contributed by atoms with Gasteiger partial charge in [0.15, 0.2) is 0 Å². The minimum Gasteiger partial charge on any atom is -0.240 e. The summed E-state index contributed by atoms with van der Waals surface area (Å²) in [6.07, 6.45) is 0. The molecular formula is C12H9BrN2O2S3. The van der Waals surface area contributed by atoms with Crippen LogP contribution in [0.4, 0.5) is 0 Å². The number of thiophene rings is 1. The third-order valence-corrected chi connectivity index (χ3v) is 7.12. The Morgan fingerprint density at radius 3 is 2.65 bits per heavy atom. The van der Waals surface area contributed by atoms with E-state index in [0.717, 1.165) is 19.0 Å². The van der Waals surface area contributed by atoms with Gasteiger partial charge in [-0.2, -0.15) is 0 Å². The third-order valence-electron chi connectivity index (χ3n) is 2.56. The van der Waals surface area contributed by atoms with Crippen LogP contribution in [0.15, 0.2) is 44.4 Å². The van der Waals surface area contributed by atoms with E-state index in [4.69, 9.17) is 0 Å². The van der Waals surface area contributed by atoms with Crippen molar-refractivity contribution in [2.45, 2.75) is 10.8 Å². The Morgan fingerprint density at radius 2 is 1.95 bits per heavy atom. The minimum absolute atomic E-state index is 0.206. The highest BCUT2D eigenvalue weighted by atomic mass is 79.9. The highest BCUT2D eigenvalue weighted by Crippen LogP contribution is 2.26. The first-order valence-corrected chi connectivity index (χ1v) is 9.55. The summed E-state index contributed by atoms with van der Waals surface area (Å²) in [6, 6.07) is 11.0. The van der Waals surface area contributed by atoms with E-state index in [1.807, 2.05) is 24.3 Å². The van der Waals surface area contributed by atoms with Gasteiger partial charge in [-0.25, -0.2) is 18.1 Å². The summed E-state index contributed by atoms with van der Waals surface area (Å²) >= 11 is 5.94. The lowest BCUT2D eigenvalue weighted by Crippen LogP contribution is -2.22. The van der Waals surface area contributed by atoms with Gasteiger partial charge in [-0.3, -0.25) is 0 Å². The summed E-state index contributed by atoms with van der Waals surface area (Å²) in [6.45, 7) is 0.206. The van der Waals surface area contributed by atoms with E-state index < -0.39 is 10.0 Å². The lowest BCUT2D eigenvalue weighted by molar-refractivity contribution is 0.583. The molecule has 0 radical (unpaired) electrons. The van der Waals surface area contributed by atoms with Gasteiger partial charge < -0.3 is 0 Å². The standard InChI is InChI=1S/C12H9BrN2O2S3/c13-10-5-6-12(19-10)20(16,17)14-7-11-15-8-3-1-2-4-9(8)18-11/h1-6,14H,7H2. The number of fused-ring (bicyclic) bond motifs is 1. The second-order valence-electron chi connectivity index (χ2n) is 3.96. The first kappa shape index (κ1) is 14.2. The van der Waals surface area contributed by atoms with Gasteiger partial charge in [-0.05, 0) is 40.2 Å². The zero-order valence-corrected chi connectivity index (χ0v) is 14.1. The molecule has 8 heteroatoms. The highest BCUT2D eigenvalue weighted by molar-refractivity contribution is 9.11. The summed E-state index contributed by atoms with van der Waals surface area (Å²) in [5.74, 6) is 0. The molecule has 0 unspecified atom stereocenters. The Kier molecular flexibility index (Phi) is 3.91. The summed E-state index contributed by atoms with van der Waals surface area (Å²) in [5, 5.41) is 0.755. The lowest BCUT2D eigenvalue weighted by atomic mass is 10.3. The van der Waals surface area contributed by atoms with Crippen molar-refractivity contribution in [3.63, 3.8) is 0 Å². The summed E-state index contributed by atoms with van der Waals surface area (Å²) in [4.78, 5) is 4.40. The van der Waals surface area contributed by atoms with Gasteiger partial charge >= 0.3 is 0 Å². The molecule has 1 aromatic carbocycles. The van der Waals surface area contributed by atoms with Crippen molar-refractivity contribution >= 4 is 58.8 Å². The first-order chi connectivity index (χ1) is 9.54. The molecule has 3 rings (SSSR count). The van der Waals surface area contributed by atoms with Crippen molar-refractivity contribution in [2.75, 3.05) is 0 Å². The number of aromatic nitrogens is 1. The van der Waals surface area contributed by atoms with Gasteiger partial charge in [0.25, 0.3) is 0 Å². The van der Waals surface area contributed by atoms with Crippen LogP contribution >= 0.6 is 38.6 Å². The molecular weight excluding hydrogens is 380 g/mol.